The number of carbonyl (C=O) groups excluding carboxylic acids is 2. The summed E-state index contributed by atoms with van der Waals surface area (Å²) in [7, 11) is 0. The highest BCUT2D eigenvalue weighted by molar-refractivity contribution is 6.06. The Hall–Kier alpha value is -2.90. The highest BCUT2D eigenvalue weighted by Crippen LogP contribution is 2.33. The minimum atomic E-state index is -0.848. The molecule has 0 aromatic carbocycles. The van der Waals surface area contributed by atoms with Crippen molar-refractivity contribution in [2.45, 2.75) is 91.2 Å². The summed E-state index contributed by atoms with van der Waals surface area (Å²) >= 11 is 0. The molecule has 34 heavy (non-hydrogen) atoms. The van der Waals surface area contributed by atoms with Gasteiger partial charge in [-0.2, -0.15) is 0 Å². The van der Waals surface area contributed by atoms with Crippen molar-refractivity contribution < 1.29 is 28.5 Å². The minimum Gasteiger partial charge on any atom is -0.434 e. The summed E-state index contributed by atoms with van der Waals surface area (Å²) in [4.78, 5) is 33.2. The third-order valence-corrected chi connectivity index (χ3v) is 5.55. The van der Waals surface area contributed by atoms with E-state index in [-0.39, 0.29) is 12.4 Å². The molecule has 0 bridgehead atoms. The Labute approximate surface area is 202 Å². The van der Waals surface area contributed by atoms with E-state index in [1.54, 1.807) is 32.3 Å². The Morgan fingerprint density at radius 2 is 1.68 bits per heavy atom. The molecule has 1 aromatic heterocycles. The van der Waals surface area contributed by atoms with Gasteiger partial charge in [-0.25, -0.2) is 9.59 Å². The van der Waals surface area contributed by atoms with Crippen LogP contribution < -0.4 is 0 Å². The molecule has 0 fully saturated rings. The van der Waals surface area contributed by atoms with Gasteiger partial charge in [0.1, 0.15) is 0 Å². The molecule has 0 radical (unpaired) electrons. The van der Waals surface area contributed by atoms with Gasteiger partial charge < -0.3 is 18.9 Å². The van der Waals surface area contributed by atoms with Gasteiger partial charge >= 0.3 is 12.3 Å². The summed E-state index contributed by atoms with van der Waals surface area (Å²) in [6.45, 7) is 7.94. The summed E-state index contributed by atoms with van der Waals surface area (Å²) in [6, 6.07) is 3.17. The predicted molar refractivity (Wildman–Crippen MR) is 131 cm³/mol. The van der Waals surface area contributed by atoms with E-state index in [2.05, 4.69) is 16.9 Å². The lowest BCUT2D eigenvalue weighted by Crippen LogP contribution is -2.36. The Kier molecular flexibility index (Phi) is 12.1. The first-order valence-corrected chi connectivity index (χ1v) is 12.3. The third-order valence-electron chi connectivity index (χ3n) is 5.55. The molecule has 0 N–H and O–H groups in total. The molecule has 0 spiro atoms. The van der Waals surface area contributed by atoms with Gasteiger partial charge in [-0.3, -0.25) is 9.98 Å². The van der Waals surface area contributed by atoms with Gasteiger partial charge in [0.25, 0.3) is 0 Å². The van der Waals surface area contributed by atoms with E-state index >= 15 is 0 Å². The molecule has 8 heteroatoms. The SMILES string of the molecule is CCCCCCCCCCOC(=O)OC1C(c2cccnc2)=C(OC(=O)OCC)C(C)=NC1C. The van der Waals surface area contributed by atoms with Gasteiger partial charge in [-0.15, -0.1) is 0 Å². The summed E-state index contributed by atoms with van der Waals surface area (Å²) in [5, 5.41) is 0. The Balaban J connectivity index is 2.02. The van der Waals surface area contributed by atoms with E-state index in [9.17, 15) is 9.59 Å². The molecule has 1 aliphatic rings. The van der Waals surface area contributed by atoms with Crippen LogP contribution in [-0.2, 0) is 18.9 Å². The monoisotopic (exact) mass is 474 g/mol. The number of hydrogen-bond acceptors (Lipinski definition) is 8. The van der Waals surface area contributed by atoms with E-state index in [1.165, 1.54) is 32.1 Å². The van der Waals surface area contributed by atoms with Crippen molar-refractivity contribution in [3.63, 3.8) is 0 Å². The highest BCUT2D eigenvalue weighted by Gasteiger charge is 2.36. The Bertz CT molecular complexity index is 837. The van der Waals surface area contributed by atoms with Crippen LogP contribution in [0.15, 0.2) is 35.3 Å². The topological polar surface area (TPSA) is 96.3 Å². The molecule has 2 unspecified atom stereocenters. The number of carbonyl (C=O) groups is 2. The van der Waals surface area contributed by atoms with Gasteiger partial charge in [-0.05, 0) is 33.3 Å². The second-order valence-electron chi connectivity index (χ2n) is 8.34. The molecule has 0 amide bonds. The van der Waals surface area contributed by atoms with Crippen molar-refractivity contribution in [1.29, 1.82) is 0 Å². The summed E-state index contributed by atoms with van der Waals surface area (Å²) in [5.74, 6) is 0.199. The van der Waals surface area contributed by atoms with Crippen LogP contribution in [-0.4, -0.2) is 48.4 Å². The molecule has 0 aliphatic carbocycles. The number of aliphatic imine (C=N–C) groups is 1. The van der Waals surface area contributed by atoms with Gasteiger partial charge in [0.15, 0.2) is 11.9 Å². The maximum Gasteiger partial charge on any atom is 0.513 e. The van der Waals surface area contributed by atoms with E-state index in [0.29, 0.717) is 23.5 Å². The minimum absolute atomic E-state index is 0.173. The average molecular weight is 475 g/mol. The number of rotatable bonds is 13. The molecule has 2 heterocycles. The van der Waals surface area contributed by atoms with Crippen LogP contribution in [0.25, 0.3) is 5.57 Å². The van der Waals surface area contributed by atoms with E-state index < -0.39 is 24.5 Å². The second kappa shape index (κ2) is 15.1. The van der Waals surface area contributed by atoms with Crippen molar-refractivity contribution in [3.05, 3.63) is 35.8 Å². The molecule has 1 aliphatic heterocycles. The number of allylic oxidation sites excluding steroid dienone is 1. The number of hydrogen-bond donors (Lipinski definition) is 0. The first-order valence-electron chi connectivity index (χ1n) is 12.3. The lowest BCUT2D eigenvalue weighted by Gasteiger charge is -2.30. The van der Waals surface area contributed by atoms with Crippen molar-refractivity contribution in [3.8, 4) is 0 Å². The fourth-order valence-corrected chi connectivity index (χ4v) is 3.86. The molecule has 1 aromatic rings. The standard InChI is InChI=1S/C26H38N2O6/c1-5-7-8-9-10-11-12-13-17-32-26(30)34-24-20(4)28-19(3)23(33-25(29)31-6-2)22(24)21-15-14-16-27-18-21/h14-16,18,20,24H,5-13,17H2,1-4H3. The van der Waals surface area contributed by atoms with Gasteiger partial charge in [0.05, 0.1) is 25.0 Å². The van der Waals surface area contributed by atoms with Crippen molar-refractivity contribution in [1.82, 2.24) is 4.98 Å². The normalized spacial score (nSPS) is 17.7. The average Bonchev–Trinajstić information content (AvgIpc) is 2.82. The zero-order valence-corrected chi connectivity index (χ0v) is 20.9. The zero-order chi connectivity index (χ0) is 24.8. The molecule has 0 saturated carbocycles. The number of dihydropyridines is 1. The lowest BCUT2D eigenvalue weighted by atomic mass is 9.92. The number of nitrogens with zero attached hydrogens (tertiary/aromatic N) is 2. The molecular formula is C26H38N2O6. The molecule has 8 nitrogen and oxygen atoms in total. The zero-order valence-electron chi connectivity index (χ0n) is 20.9. The summed E-state index contributed by atoms with van der Waals surface area (Å²) < 4.78 is 21.4. The molecular weight excluding hydrogens is 436 g/mol. The molecule has 2 atom stereocenters. The van der Waals surface area contributed by atoms with Crippen LogP contribution in [0.5, 0.6) is 0 Å². The fraction of sp³-hybridized carbons (Fsp3) is 0.615. The largest absolute Gasteiger partial charge is 0.513 e. The molecule has 188 valence electrons. The smallest absolute Gasteiger partial charge is 0.434 e. The molecule has 0 saturated heterocycles. The van der Waals surface area contributed by atoms with E-state index in [0.717, 1.165) is 19.3 Å². The number of aromatic nitrogens is 1. The van der Waals surface area contributed by atoms with Crippen molar-refractivity contribution in [2.75, 3.05) is 13.2 Å². The third kappa shape index (κ3) is 8.80. The van der Waals surface area contributed by atoms with E-state index in [4.69, 9.17) is 18.9 Å². The van der Waals surface area contributed by atoms with Crippen LogP contribution in [0, 0.1) is 0 Å². The first-order chi connectivity index (χ1) is 16.5. The van der Waals surface area contributed by atoms with Crippen LogP contribution in [0.2, 0.25) is 0 Å². The number of ether oxygens (including phenoxy) is 4. The van der Waals surface area contributed by atoms with Crippen LogP contribution in [0.1, 0.15) is 84.6 Å². The predicted octanol–water partition coefficient (Wildman–Crippen LogP) is 6.49. The quantitative estimate of drug-likeness (QED) is 0.238. The second-order valence-corrected chi connectivity index (χ2v) is 8.34. The molecule has 2 rings (SSSR count). The van der Waals surface area contributed by atoms with Gasteiger partial charge in [0, 0.05) is 23.5 Å². The highest BCUT2D eigenvalue weighted by atomic mass is 16.7. The van der Waals surface area contributed by atoms with Crippen LogP contribution in [0.3, 0.4) is 0 Å². The van der Waals surface area contributed by atoms with Crippen LogP contribution >= 0.6 is 0 Å². The van der Waals surface area contributed by atoms with Crippen LogP contribution in [0.4, 0.5) is 9.59 Å². The van der Waals surface area contributed by atoms with Crippen molar-refractivity contribution >= 4 is 23.6 Å². The lowest BCUT2D eigenvalue weighted by molar-refractivity contribution is 0.0322. The summed E-state index contributed by atoms with van der Waals surface area (Å²) in [5.41, 5.74) is 1.67. The van der Waals surface area contributed by atoms with Crippen molar-refractivity contribution in [2.24, 2.45) is 4.99 Å². The maximum absolute atomic E-state index is 12.5. The maximum atomic E-state index is 12.5. The number of pyridine rings is 1. The summed E-state index contributed by atoms with van der Waals surface area (Å²) in [6.07, 6.45) is 10.1. The number of unbranched alkanes of at least 4 members (excludes halogenated alkanes) is 7. The fourth-order valence-electron chi connectivity index (χ4n) is 3.86. The van der Waals surface area contributed by atoms with E-state index in [1.807, 2.05) is 13.0 Å². The van der Waals surface area contributed by atoms with Gasteiger partial charge in [0.2, 0.25) is 0 Å². The Morgan fingerprint density at radius 1 is 0.971 bits per heavy atom. The first kappa shape index (κ1) is 27.3. The van der Waals surface area contributed by atoms with Gasteiger partial charge in [-0.1, -0.05) is 57.9 Å². The Morgan fingerprint density at radius 3 is 2.32 bits per heavy atom.